The van der Waals surface area contributed by atoms with Crippen molar-refractivity contribution in [1.29, 1.82) is 0 Å². The summed E-state index contributed by atoms with van der Waals surface area (Å²) in [6.45, 7) is 4.11. The van der Waals surface area contributed by atoms with Gasteiger partial charge in [-0.3, -0.25) is 4.79 Å². The predicted molar refractivity (Wildman–Crippen MR) is 113 cm³/mol. The number of ether oxygens (including phenoxy) is 1. The van der Waals surface area contributed by atoms with Crippen LogP contribution in [0.1, 0.15) is 28.2 Å². The molecule has 0 bridgehead atoms. The molecule has 3 rings (SSSR count). The minimum absolute atomic E-state index is 0.0354. The maximum absolute atomic E-state index is 12.9. The van der Waals surface area contributed by atoms with Gasteiger partial charge in [0.25, 0.3) is 0 Å². The molecule has 1 aromatic carbocycles. The van der Waals surface area contributed by atoms with E-state index < -0.39 is 0 Å². The average molecular weight is 385 g/mol. The van der Waals surface area contributed by atoms with Gasteiger partial charge in [-0.2, -0.15) is 0 Å². The minimum atomic E-state index is 0.0354. The molecule has 27 heavy (non-hydrogen) atoms. The lowest BCUT2D eigenvalue weighted by molar-refractivity contribution is -0.128. The first-order valence-electron chi connectivity index (χ1n) is 9.42. The van der Waals surface area contributed by atoms with E-state index in [1.807, 2.05) is 31.1 Å². The lowest BCUT2D eigenvalue weighted by Crippen LogP contribution is -2.35. The van der Waals surface area contributed by atoms with Crippen molar-refractivity contribution >= 4 is 29.0 Å². The Balaban J connectivity index is 1.71. The molecule has 2 aromatic rings. The summed E-state index contributed by atoms with van der Waals surface area (Å²) in [6.07, 6.45) is 5.85. The Kier molecular flexibility index (Phi) is 6.69. The van der Waals surface area contributed by atoms with Crippen LogP contribution >= 0.6 is 11.3 Å². The number of thiophene rings is 1. The van der Waals surface area contributed by atoms with Gasteiger partial charge in [0.1, 0.15) is 0 Å². The number of hydrogen-bond donors (Lipinski definition) is 0. The van der Waals surface area contributed by atoms with E-state index in [-0.39, 0.29) is 12.0 Å². The molecule has 0 radical (unpaired) electrons. The van der Waals surface area contributed by atoms with E-state index in [1.54, 1.807) is 17.4 Å². The molecule has 2 heterocycles. The fourth-order valence-electron chi connectivity index (χ4n) is 3.19. The first-order valence-corrected chi connectivity index (χ1v) is 10.2. The van der Waals surface area contributed by atoms with E-state index in [4.69, 9.17) is 4.74 Å². The molecule has 5 heteroatoms. The Labute approximate surface area is 166 Å². The molecule has 1 amide bonds. The van der Waals surface area contributed by atoms with Crippen molar-refractivity contribution in [3.8, 4) is 0 Å². The Hall–Kier alpha value is -2.11. The molecule has 144 valence electrons. The number of rotatable bonds is 7. The summed E-state index contributed by atoms with van der Waals surface area (Å²) in [5, 5.41) is 0. The maximum Gasteiger partial charge on any atom is 0.246 e. The SMILES string of the molecule is Cc1ccc(/C=C\C(=O)N(Cc2ccc(N(C)C)cc2)C[C@H]2CCCO2)s1. The molecule has 0 N–H and O–H groups in total. The molecule has 0 spiro atoms. The zero-order valence-corrected chi connectivity index (χ0v) is 17.2. The van der Waals surface area contributed by atoms with Gasteiger partial charge >= 0.3 is 0 Å². The van der Waals surface area contributed by atoms with Gasteiger partial charge in [-0.25, -0.2) is 0 Å². The van der Waals surface area contributed by atoms with Crippen LogP contribution in [0.15, 0.2) is 42.5 Å². The third kappa shape index (κ3) is 5.68. The van der Waals surface area contributed by atoms with Crippen molar-refractivity contribution in [3.05, 3.63) is 57.8 Å². The van der Waals surface area contributed by atoms with Gasteiger partial charge in [-0.1, -0.05) is 12.1 Å². The molecular formula is C22H28N2O2S. The molecule has 1 aliphatic heterocycles. The fraction of sp³-hybridized carbons (Fsp3) is 0.409. The van der Waals surface area contributed by atoms with Gasteiger partial charge in [0, 0.05) is 55.3 Å². The molecule has 1 fully saturated rings. The number of carbonyl (C=O) groups excluding carboxylic acids is 1. The molecular weight excluding hydrogens is 356 g/mol. The summed E-state index contributed by atoms with van der Waals surface area (Å²) < 4.78 is 5.77. The van der Waals surface area contributed by atoms with Crippen LogP contribution in [0.3, 0.4) is 0 Å². The van der Waals surface area contributed by atoms with Crippen molar-refractivity contribution < 1.29 is 9.53 Å². The Morgan fingerprint density at radius 3 is 2.59 bits per heavy atom. The lowest BCUT2D eigenvalue weighted by atomic mass is 10.1. The summed E-state index contributed by atoms with van der Waals surface area (Å²) >= 11 is 1.70. The quantitative estimate of drug-likeness (QED) is 0.666. The maximum atomic E-state index is 12.9. The van der Waals surface area contributed by atoms with Crippen LogP contribution in [-0.4, -0.2) is 44.2 Å². The third-order valence-electron chi connectivity index (χ3n) is 4.74. The van der Waals surface area contributed by atoms with E-state index in [9.17, 15) is 4.79 Å². The number of benzene rings is 1. The first kappa shape index (κ1) is 19.6. The molecule has 0 saturated carbocycles. The summed E-state index contributed by atoms with van der Waals surface area (Å²) in [5.41, 5.74) is 2.29. The number of amides is 1. The second-order valence-electron chi connectivity index (χ2n) is 7.20. The predicted octanol–water partition coefficient (Wildman–Crippen LogP) is 4.34. The number of aryl methyl sites for hydroxylation is 1. The first-order chi connectivity index (χ1) is 13.0. The fourth-order valence-corrected chi connectivity index (χ4v) is 3.97. The van der Waals surface area contributed by atoms with E-state index in [0.717, 1.165) is 35.6 Å². The van der Waals surface area contributed by atoms with Crippen LogP contribution in [0, 0.1) is 6.92 Å². The van der Waals surface area contributed by atoms with E-state index in [0.29, 0.717) is 13.1 Å². The zero-order chi connectivity index (χ0) is 19.2. The highest BCUT2D eigenvalue weighted by Crippen LogP contribution is 2.19. The van der Waals surface area contributed by atoms with Crippen LogP contribution in [0.5, 0.6) is 0 Å². The average Bonchev–Trinajstić information content (AvgIpc) is 3.31. The van der Waals surface area contributed by atoms with Crippen molar-refractivity contribution in [2.45, 2.75) is 32.4 Å². The Morgan fingerprint density at radius 2 is 2.00 bits per heavy atom. The van der Waals surface area contributed by atoms with Gasteiger partial charge in [0.05, 0.1) is 6.10 Å². The highest BCUT2D eigenvalue weighted by atomic mass is 32.1. The van der Waals surface area contributed by atoms with Crippen LogP contribution in [0.2, 0.25) is 0 Å². The van der Waals surface area contributed by atoms with Crippen molar-refractivity contribution in [3.63, 3.8) is 0 Å². The minimum Gasteiger partial charge on any atom is -0.378 e. The van der Waals surface area contributed by atoms with Gasteiger partial charge in [0.15, 0.2) is 0 Å². The van der Waals surface area contributed by atoms with Crippen LogP contribution in [0.4, 0.5) is 5.69 Å². The monoisotopic (exact) mass is 384 g/mol. The van der Waals surface area contributed by atoms with E-state index >= 15 is 0 Å². The van der Waals surface area contributed by atoms with Crippen molar-refractivity contribution in [2.75, 3.05) is 32.1 Å². The molecule has 1 atom stereocenters. The standard InChI is InChI=1S/C22H28N2O2S/c1-17-6-11-21(27-17)12-13-22(25)24(16-20-5-4-14-26-20)15-18-7-9-19(10-8-18)23(2)3/h6-13,20H,4-5,14-16H2,1-3H3/b13-12-/t20-/m1/s1. The number of anilines is 1. The van der Waals surface area contributed by atoms with Gasteiger partial charge in [-0.05, 0) is 55.7 Å². The summed E-state index contributed by atoms with van der Waals surface area (Å²) in [7, 11) is 4.05. The van der Waals surface area contributed by atoms with E-state index in [1.165, 1.54) is 4.88 Å². The molecule has 1 saturated heterocycles. The van der Waals surface area contributed by atoms with Crippen molar-refractivity contribution in [1.82, 2.24) is 4.90 Å². The third-order valence-corrected chi connectivity index (χ3v) is 5.70. The largest absolute Gasteiger partial charge is 0.378 e. The molecule has 1 aromatic heterocycles. The summed E-state index contributed by atoms with van der Waals surface area (Å²) in [5.74, 6) is 0.0354. The molecule has 1 aliphatic rings. The van der Waals surface area contributed by atoms with Crippen LogP contribution in [-0.2, 0) is 16.1 Å². The van der Waals surface area contributed by atoms with Crippen LogP contribution in [0.25, 0.3) is 6.08 Å². The van der Waals surface area contributed by atoms with E-state index in [2.05, 4.69) is 42.2 Å². The smallest absolute Gasteiger partial charge is 0.246 e. The summed E-state index contributed by atoms with van der Waals surface area (Å²) in [6, 6.07) is 12.5. The van der Waals surface area contributed by atoms with Gasteiger partial charge < -0.3 is 14.5 Å². The molecule has 0 aliphatic carbocycles. The second kappa shape index (κ2) is 9.20. The van der Waals surface area contributed by atoms with Crippen LogP contribution < -0.4 is 4.90 Å². The Bertz CT molecular complexity index is 774. The number of hydrogen-bond acceptors (Lipinski definition) is 4. The normalized spacial score (nSPS) is 16.8. The second-order valence-corrected chi connectivity index (χ2v) is 8.52. The highest BCUT2D eigenvalue weighted by Gasteiger charge is 2.21. The zero-order valence-electron chi connectivity index (χ0n) is 16.4. The lowest BCUT2D eigenvalue weighted by Gasteiger charge is -2.25. The van der Waals surface area contributed by atoms with Gasteiger partial charge in [-0.15, -0.1) is 11.3 Å². The highest BCUT2D eigenvalue weighted by molar-refractivity contribution is 7.12. The number of nitrogens with zero attached hydrogens (tertiary/aromatic N) is 2. The van der Waals surface area contributed by atoms with Gasteiger partial charge in [0.2, 0.25) is 5.91 Å². The topological polar surface area (TPSA) is 32.8 Å². The van der Waals surface area contributed by atoms with Crippen molar-refractivity contribution in [2.24, 2.45) is 0 Å². The molecule has 4 nitrogen and oxygen atoms in total. The Morgan fingerprint density at radius 1 is 1.22 bits per heavy atom. The summed E-state index contributed by atoms with van der Waals surface area (Å²) in [4.78, 5) is 19.2. The molecule has 0 unspecified atom stereocenters. The number of carbonyl (C=O) groups is 1.